The topological polar surface area (TPSA) is 195 Å². The van der Waals surface area contributed by atoms with Gasteiger partial charge in [0, 0.05) is 14.2 Å². The van der Waals surface area contributed by atoms with Crippen molar-refractivity contribution in [3.05, 3.63) is 0 Å². The molecule has 0 aromatic rings. The Labute approximate surface area is 244 Å². The van der Waals surface area contributed by atoms with E-state index in [0.717, 1.165) is 0 Å². The lowest BCUT2D eigenvalue weighted by Gasteiger charge is -2.26. The van der Waals surface area contributed by atoms with Crippen LogP contribution in [-0.4, -0.2) is 143 Å². The molecule has 3 rings (SSSR count). The van der Waals surface area contributed by atoms with Crippen LogP contribution >= 0.6 is 0 Å². The van der Waals surface area contributed by atoms with Crippen molar-refractivity contribution >= 4 is 0 Å². The predicted molar refractivity (Wildman–Crippen MR) is 147 cm³/mol. The van der Waals surface area contributed by atoms with Crippen LogP contribution in [0.5, 0.6) is 0 Å². The van der Waals surface area contributed by atoms with Gasteiger partial charge in [0.1, 0.15) is 48.8 Å². The summed E-state index contributed by atoms with van der Waals surface area (Å²) in [6.07, 6.45) is -7.19. The first-order valence-corrected chi connectivity index (χ1v) is 13.3. The van der Waals surface area contributed by atoms with E-state index in [1.54, 1.807) is 14.2 Å². The summed E-state index contributed by atoms with van der Waals surface area (Å²) in [5, 5.41) is 52.2. The fourth-order valence-electron chi connectivity index (χ4n) is 3.90. The van der Waals surface area contributed by atoms with Crippen molar-refractivity contribution < 1.29 is 68.5 Å². The van der Waals surface area contributed by atoms with Crippen LogP contribution in [0.3, 0.4) is 0 Å². The number of aliphatic hydroxyl groups is 6. The fraction of sp³-hybridized carbons (Fsp3) is 1.00. The molecular weight excluding hydrogens is 548 g/mol. The smallest absolute Gasteiger partial charge is 0.164 e. The van der Waals surface area contributed by atoms with Crippen molar-refractivity contribution in [2.75, 3.05) is 40.6 Å². The molecule has 14 nitrogen and oxygen atoms in total. The third-order valence-electron chi connectivity index (χ3n) is 6.45. The maximum Gasteiger partial charge on any atom is 0.164 e. The SMILES string of the molecule is C.CC1(C)OCC(C2OC(C)(C)OC2C2COC(C)(C)O2)O1.COC(C)(C)OC.OC[C@@H](O)[C@@H](O)[C@H](O)[C@@H](O)CO. The van der Waals surface area contributed by atoms with Crippen molar-refractivity contribution in [3.63, 3.8) is 0 Å². The van der Waals surface area contributed by atoms with Crippen molar-refractivity contribution in [2.24, 2.45) is 0 Å². The van der Waals surface area contributed by atoms with E-state index in [2.05, 4.69) is 0 Å². The Morgan fingerprint density at radius 2 is 0.976 bits per heavy atom. The maximum atomic E-state index is 8.96. The molecule has 248 valence electrons. The van der Waals surface area contributed by atoms with Crippen LogP contribution in [0, 0.1) is 0 Å². The van der Waals surface area contributed by atoms with Crippen LogP contribution in [0.15, 0.2) is 0 Å². The number of hydrogen-bond donors (Lipinski definition) is 6. The Morgan fingerprint density at radius 1 is 0.659 bits per heavy atom. The van der Waals surface area contributed by atoms with E-state index in [4.69, 9.17) is 68.5 Å². The molecule has 4 unspecified atom stereocenters. The Kier molecular flexibility index (Phi) is 16.3. The molecular formula is C27H56O14. The van der Waals surface area contributed by atoms with E-state index in [1.165, 1.54) is 0 Å². The van der Waals surface area contributed by atoms with E-state index < -0.39 is 60.8 Å². The third-order valence-corrected chi connectivity index (χ3v) is 6.45. The molecule has 6 N–H and O–H groups in total. The molecule has 8 atom stereocenters. The van der Waals surface area contributed by atoms with Crippen molar-refractivity contribution in [3.8, 4) is 0 Å². The van der Waals surface area contributed by atoms with Gasteiger partial charge >= 0.3 is 0 Å². The van der Waals surface area contributed by atoms with Crippen molar-refractivity contribution in [2.45, 2.75) is 135 Å². The average Bonchev–Trinajstić information content (AvgIpc) is 3.55. The molecule has 0 aliphatic carbocycles. The van der Waals surface area contributed by atoms with Crippen LogP contribution < -0.4 is 0 Å². The zero-order chi connectivity index (χ0) is 31.1. The Hall–Kier alpha value is -0.560. The number of ether oxygens (including phenoxy) is 8. The first-order valence-electron chi connectivity index (χ1n) is 13.3. The molecule has 0 saturated carbocycles. The molecule has 0 amide bonds. The highest BCUT2D eigenvalue weighted by atomic mass is 16.8. The standard InChI is InChI=1S/C15H26O6.C6H14O6.C5H12O2.CH4/c1-13(2)16-7-9(18-13)11-12(21-15(5,6)20-11)10-8-17-14(3,4)19-10;7-1-3(9)5(11)6(12)4(10)2-8;1-5(2,6-3)7-4;/h9-12H,7-8H2,1-6H3;3-12H,1-2H2;1-4H3;1H4/t;3-,4+,5-,6-;;/m.1../s1. The normalized spacial score (nSPS) is 31.0. The number of rotatable bonds is 9. The molecule has 3 aliphatic rings. The van der Waals surface area contributed by atoms with E-state index >= 15 is 0 Å². The zero-order valence-corrected chi connectivity index (χ0v) is 25.4. The summed E-state index contributed by atoms with van der Waals surface area (Å²) < 4.78 is 45.0. The Morgan fingerprint density at radius 3 is 1.17 bits per heavy atom. The number of hydrogen-bond acceptors (Lipinski definition) is 14. The van der Waals surface area contributed by atoms with Crippen molar-refractivity contribution in [1.82, 2.24) is 0 Å². The van der Waals surface area contributed by atoms with Gasteiger partial charge in [-0.25, -0.2) is 0 Å². The van der Waals surface area contributed by atoms with Gasteiger partial charge < -0.3 is 68.5 Å². The van der Waals surface area contributed by atoms with E-state index in [9.17, 15) is 0 Å². The molecule has 41 heavy (non-hydrogen) atoms. The van der Waals surface area contributed by atoms with Gasteiger partial charge in [-0.05, 0) is 55.4 Å². The summed E-state index contributed by atoms with van der Waals surface area (Å²) in [4.78, 5) is 0. The van der Waals surface area contributed by atoms with Crippen LogP contribution in [0.4, 0.5) is 0 Å². The summed E-state index contributed by atoms with van der Waals surface area (Å²) in [6.45, 7) is 14.7. The van der Waals surface area contributed by atoms with Gasteiger partial charge in [-0.2, -0.15) is 0 Å². The lowest BCUT2D eigenvalue weighted by molar-refractivity contribution is -0.178. The minimum Gasteiger partial charge on any atom is -0.394 e. The maximum absolute atomic E-state index is 8.96. The molecule has 0 bridgehead atoms. The number of aliphatic hydroxyl groups excluding tert-OH is 6. The van der Waals surface area contributed by atoms with Gasteiger partial charge in [-0.3, -0.25) is 0 Å². The second kappa shape index (κ2) is 16.5. The van der Waals surface area contributed by atoms with Gasteiger partial charge in [-0.15, -0.1) is 0 Å². The van der Waals surface area contributed by atoms with Crippen LogP contribution in [-0.2, 0) is 37.9 Å². The van der Waals surface area contributed by atoms with Crippen LogP contribution in [0.2, 0.25) is 0 Å². The molecule has 3 fully saturated rings. The van der Waals surface area contributed by atoms with Crippen molar-refractivity contribution in [1.29, 1.82) is 0 Å². The summed E-state index contributed by atoms with van der Waals surface area (Å²) in [5.41, 5.74) is 0. The van der Waals surface area contributed by atoms with E-state index in [-0.39, 0.29) is 31.8 Å². The largest absolute Gasteiger partial charge is 0.394 e. The Balaban J connectivity index is 0.000000682. The molecule has 0 radical (unpaired) electrons. The molecule has 3 saturated heterocycles. The summed E-state index contributed by atoms with van der Waals surface area (Å²) >= 11 is 0. The minimum atomic E-state index is -1.67. The van der Waals surface area contributed by atoms with E-state index in [0.29, 0.717) is 13.2 Å². The third kappa shape index (κ3) is 12.9. The van der Waals surface area contributed by atoms with Crippen LogP contribution in [0.25, 0.3) is 0 Å². The first-order chi connectivity index (χ1) is 18.2. The van der Waals surface area contributed by atoms with Gasteiger partial charge in [0.05, 0.1) is 26.4 Å². The molecule has 14 heteroatoms. The highest BCUT2D eigenvalue weighted by Gasteiger charge is 2.54. The quantitative estimate of drug-likeness (QED) is 0.191. The second-order valence-corrected chi connectivity index (χ2v) is 11.6. The summed E-state index contributed by atoms with van der Waals surface area (Å²) in [7, 11) is 3.23. The highest BCUT2D eigenvalue weighted by molar-refractivity contribution is 4.96. The molecule has 0 spiro atoms. The Bertz CT molecular complexity index is 675. The average molecular weight is 605 g/mol. The predicted octanol–water partition coefficient (Wildman–Crippen LogP) is -0.124. The number of methoxy groups -OCH3 is 2. The summed E-state index contributed by atoms with van der Waals surface area (Å²) in [5.74, 6) is -2.25. The minimum absolute atomic E-state index is 0. The first kappa shape index (κ1) is 40.4. The fourth-order valence-corrected chi connectivity index (χ4v) is 3.90. The zero-order valence-electron chi connectivity index (χ0n) is 25.4. The monoisotopic (exact) mass is 604 g/mol. The van der Waals surface area contributed by atoms with Gasteiger partial charge in [-0.1, -0.05) is 7.43 Å². The van der Waals surface area contributed by atoms with E-state index in [1.807, 2.05) is 55.4 Å². The van der Waals surface area contributed by atoms with Gasteiger partial charge in [0.25, 0.3) is 0 Å². The van der Waals surface area contributed by atoms with Crippen LogP contribution in [0.1, 0.15) is 62.8 Å². The lowest BCUT2D eigenvalue weighted by Crippen LogP contribution is -2.46. The highest BCUT2D eigenvalue weighted by Crippen LogP contribution is 2.39. The molecule has 0 aromatic heterocycles. The van der Waals surface area contributed by atoms with Gasteiger partial charge in [0.2, 0.25) is 0 Å². The lowest BCUT2D eigenvalue weighted by atomic mass is 10.0. The summed E-state index contributed by atoms with van der Waals surface area (Å²) in [6, 6.07) is 0. The molecule has 3 aliphatic heterocycles. The molecule has 3 heterocycles. The molecule has 0 aromatic carbocycles. The second-order valence-electron chi connectivity index (χ2n) is 11.6. The van der Waals surface area contributed by atoms with Gasteiger partial charge in [0.15, 0.2) is 23.1 Å².